The number of likely N-dealkylation sites (N-methyl/N-ethyl adjacent to an activating group) is 1. The fraction of sp³-hybridized carbons (Fsp3) is 0.417. The second-order valence-corrected chi connectivity index (χ2v) is 4.64. The molecular weight excluding hydrogens is 268 g/mol. The highest BCUT2D eigenvalue weighted by Gasteiger charge is 2.12. The highest BCUT2D eigenvalue weighted by Crippen LogP contribution is 2.21. The van der Waals surface area contributed by atoms with Crippen LogP contribution in [0.15, 0.2) is 22.7 Å². The number of aryl methyl sites for hydroxylation is 1. The number of hydrogen-bond donors (Lipinski definition) is 2. The van der Waals surface area contributed by atoms with Crippen molar-refractivity contribution >= 4 is 27.5 Å². The second kappa shape index (κ2) is 5.89. The third-order valence-electron chi connectivity index (χ3n) is 2.32. The Morgan fingerprint density at radius 2 is 2.19 bits per heavy atom. The molecule has 0 aliphatic carbocycles. The van der Waals surface area contributed by atoms with Crippen LogP contribution in [-0.4, -0.2) is 18.5 Å². The summed E-state index contributed by atoms with van der Waals surface area (Å²) in [6.45, 7) is 6.43. The van der Waals surface area contributed by atoms with Crippen LogP contribution in [0.2, 0.25) is 0 Å². The molecule has 88 valence electrons. The van der Waals surface area contributed by atoms with Crippen LogP contribution in [0.3, 0.4) is 0 Å². The Hall–Kier alpha value is -1.03. The van der Waals surface area contributed by atoms with E-state index < -0.39 is 0 Å². The van der Waals surface area contributed by atoms with Gasteiger partial charge in [-0.1, -0.05) is 22.0 Å². The third kappa shape index (κ3) is 3.52. The molecule has 0 aromatic heterocycles. The van der Waals surface area contributed by atoms with Crippen molar-refractivity contribution in [2.75, 3.05) is 11.9 Å². The van der Waals surface area contributed by atoms with Crippen LogP contribution in [0, 0.1) is 6.92 Å². The van der Waals surface area contributed by atoms with E-state index in [4.69, 9.17) is 0 Å². The number of benzene rings is 1. The number of hydrogen-bond acceptors (Lipinski definition) is 2. The van der Waals surface area contributed by atoms with E-state index in [1.165, 1.54) is 0 Å². The molecular formula is C12H17BrN2O. The van der Waals surface area contributed by atoms with Gasteiger partial charge in [0.25, 0.3) is 0 Å². The third-order valence-corrected chi connectivity index (χ3v) is 2.81. The predicted molar refractivity (Wildman–Crippen MR) is 70.6 cm³/mol. The number of anilines is 1. The number of rotatable bonds is 4. The summed E-state index contributed by atoms with van der Waals surface area (Å²) in [6.07, 6.45) is 0. The van der Waals surface area contributed by atoms with E-state index in [-0.39, 0.29) is 11.9 Å². The molecule has 4 heteroatoms. The van der Waals surface area contributed by atoms with Gasteiger partial charge < -0.3 is 10.6 Å². The van der Waals surface area contributed by atoms with Gasteiger partial charge in [-0.25, -0.2) is 0 Å². The predicted octanol–water partition coefficient (Wildman–Crippen LogP) is 2.69. The molecule has 1 amide bonds. The van der Waals surface area contributed by atoms with Crippen molar-refractivity contribution < 1.29 is 4.79 Å². The fourth-order valence-corrected chi connectivity index (χ4v) is 1.74. The average Bonchev–Trinajstić information content (AvgIpc) is 2.23. The minimum absolute atomic E-state index is 0.0156. The lowest BCUT2D eigenvalue weighted by molar-refractivity contribution is -0.121. The first kappa shape index (κ1) is 13.0. The summed E-state index contributed by atoms with van der Waals surface area (Å²) in [6, 6.07) is 5.74. The van der Waals surface area contributed by atoms with E-state index in [0.717, 1.165) is 15.7 Å². The highest BCUT2D eigenvalue weighted by molar-refractivity contribution is 9.10. The number of halogens is 1. The van der Waals surface area contributed by atoms with Crippen LogP contribution in [0.25, 0.3) is 0 Å². The molecule has 0 saturated carbocycles. The van der Waals surface area contributed by atoms with Crippen molar-refractivity contribution in [1.29, 1.82) is 0 Å². The monoisotopic (exact) mass is 284 g/mol. The van der Waals surface area contributed by atoms with Crippen molar-refractivity contribution in [2.24, 2.45) is 0 Å². The lowest BCUT2D eigenvalue weighted by Gasteiger charge is -2.16. The lowest BCUT2D eigenvalue weighted by atomic mass is 10.2. The van der Waals surface area contributed by atoms with E-state index in [2.05, 4.69) is 26.6 Å². The molecule has 3 nitrogen and oxygen atoms in total. The molecule has 1 aromatic rings. The molecule has 0 fully saturated rings. The quantitative estimate of drug-likeness (QED) is 0.893. The standard InChI is InChI=1S/C12H17BrN2O/c1-4-14-12(16)9(3)15-11-7-10(13)6-5-8(11)2/h5-7,9,15H,4H2,1-3H3,(H,14,16). The molecule has 16 heavy (non-hydrogen) atoms. The van der Waals surface area contributed by atoms with Gasteiger partial charge in [-0.2, -0.15) is 0 Å². The van der Waals surface area contributed by atoms with Gasteiger partial charge in [0.05, 0.1) is 0 Å². The van der Waals surface area contributed by atoms with Gasteiger partial charge >= 0.3 is 0 Å². The van der Waals surface area contributed by atoms with E-state index in [0.29, 0.717) is 6.54 Å². The molecule has 0 bridgehead atoms. The summed E-state index contributed by atoms with van der Waals surface area (Å²) in [4.78, 5) is 11.6. The smallest absolute Gasteiger partial charge is 0.242 e. The molecule has 1 atom stereocenters. The van der Waals surface area contributed by atoms with E-state index >= 15 is 0 Å². The van der Waals surface area contributed by atoms with E-state index in [1.807, 2.05) is 39.0 Å². The SMILES string of the molecule is CCNC(=O)C(C)Nc1cc(Br)ccc1C. The Bertz CT molecular complexity index is 379. The summed E-state index contributed by atoms with van der Waals surface area (Å²) in [7, 11) is 0. The summed E-state index contributed by atoms with van der Waals surface area (Å²) in [5.41, 5.74) is 2.10. The molecule has 0 saturated heterocycles. The first-order valence-corrected chi connectivity index (χ1v) is 6.14. The van der Waals surface area contributed by atoms with Gasteiger partial charge in [-0.3, -0.25) is 4.79 Å². The van der Waals surface area contributed by atoms with Crippen molar-refractivity contribution in [3.05, 3.63) is 28.2 Å². The molecule has 0 radical (unpaired) electrons. The lowest BCUT2D eigenvalue weighted by Crippen LogP contribution is -2.37. The van der Waals surface area contributed by atoms with Crippen LogP contribution in [0.5, 0.6) is 0 Å². The Morgan fingerprint density at radius 1 is 1.50 bits per heavy atom. The van der Waals surface area contributed by atoms with E-state index in [9.17, 15) is 4.79 Å². The van der Waals surface area contributed by atoms with Gasteiger partial charge in [0.1, 0.15) is 6.04 Å². The minimum Gasteiger partial charge on any atom is -0.374 e. The van der Waals surface area contributed by atoms with Crippen LogP contribution >= 0.6 is 15.9 Å². The van der Waals surface area contributed by atoms with Gasteiger partial charge in [-0.15, -0.1) is 0 Å². The number of amides is 1. The molecule has 1 rings (SSSR count). The number of carbonyl (C=O) groups excluding carboxylic acids is 1. The largest absolute Gasteiger partial charge is 0.374 e. The zero-order valence-electron chi connectivity index (χ0n) is 9.80. The topological polar surface area (TPSA) is 41.1 Å². The first-order chi connectivity index (χ1) is 7.54. The van der Waals surface area contributed by atoms with Crippen molar-refractivity contribution in [3.8, 4) is 0 Å². The van der Waals surface area contributed by atoms with Crippen LogP contribution in [0.4, 0.5) is 5.69 Å². The zero-order valence-corrected chi connectivity index (χ0v) is 11.4. The number of carbonyl (C=O) groups is 1. The Kier molecular flexibility index (Phi) is 4.80. The maximum absolute atomic E-state index is 11.6. The maximum atomic E-state index is 11.6. The molecule has 0 aliphatic heterocycles. The average molecular weight is 285 g/mol. The van der Waals surface area contributed by atoms with Gasteiger partial charge in [0.2, 0.25) is 5.91 Å². The summed E-state index contributed by atoms with van der Waals surface area (Å²) in [5.74, 6) is 0.0156. The zero-order chi connectivity index (χ0) is 12.1. The minimum atomic E-state index is -0.229. The van der Waals surface area contributed by atoms with Crippen LogP contribution in [0.1, 0.15) is 19.4 Å². The molecule has 0 heterocycles. The van der Waals surface area contributed by atoms with Crippen molar-refractivity contribution in [3.63, 3.8) is 0 Å². The van der Waals surface area contributed by atoms with Crippen molar-refractivity contribution in [2.45, 2.75) is 26.8 Å². The van der Waals surface area contributed by atoms with Gasteiger partial charge in [0.15, 0.2) is 0 Å². The fourth-order valence-electron chi connectivity index (χ4n) is 1.38. The Morgan fingerprint density at radius 3 is 2.81 bits per heavy atom. The van der Waals surface area contributed by atoms with Crippen molar-refractivity contribution in [1.82, 2.24) is 5.32 Å². The Labute approximate surface area is 105 Å². The maximum Gasteiger partial charge on any atom is 0.242 e. The molecule has 1 unspecified atom stereocenters. The summed E-state index contributed by atoms with van der Waals surface area (Å²) >= 11 is 3.41. The first-order valence-electron chi connectivity index (χ1n) is 5.35. The highest BCUT2D eigenvalue weighted by atomic mass is 79.9. The van der Waals surface area contributed by atoms with Gasteiger partial charge in [0, 0.05) is 16.7 Å². The normalized spacial score (nSPS) is 12.0. The summed E-state index contributed by atoms with van der Waals surface area (Å²) in [5, 5.41) is 5.98. The van der Waals surface area contributed by atoms with Gasteiger partial charge in [-0.05, 0) is 38.5 Å². The number of nitrogens with one attached hydrogen (secondary N) is 2. The molecule has 0 aliphatic rings. The molecule has 1 aromatic carbocycles. The molecule has 0 spiro atoms. The van der Waals surface area contributed by atoms with E-state index in [1.54, 1.807) is 0 Å². The second-order valence-electron chi connectivity index (χ2n) is 3.72. The Balaban J connectivity index is 2.72. The van der Waals surface area contributed by atoms with Crippen LogP contribution < -0.4 is 10.6 Å². The van der Waals surface area contributed by atoms with Crippen LogP contribution in [-0.2, 0) is 4.79 Å². The summed E-state index contributed by atoms with van der Waals surface area (Å²) < 4.78 is 1.00. The molecule has 2 N–H and O–H groups in total.